The van der Waals surface area contributed by atoms with Crippen LogP contribution in [0.5, 0.6) is 0 Å². The van der Waals surface area contributed by atoms with E-state index in [1.807, 2.05) is 0 Å². The van der Waals surface area contributed by atoms with Gasteiger partial charge in [0.1, 0.15) is 0 Å². The number of hydrogen-bond donors (Lipinski definition) is 0. The fraction of sp³-hybridized carbons (Fsp3) is 0.375. The molecule has 0 N–H and O–H groups in total. The molecule has 0 amide bonds. The van der Waals surface area contributed by atoms with Crippen LogP contribution in [0.1, 0.15) is 6.92 Å². The van der Waals surface area contributed by atoms with E-state index in [0.29, 0.717) is 0 Å². The predicted octanol–water partition coefficient (Wildman–Crippen LogP) is 1.23. The van der Waals surface area contributed by atoms with E-state index in [1.165, 1.54) is 6.92 Å². The number of alkyl halides is 3. The number of nitriles is 1. The summed E-state index contributed by atoms with van der Waals surface area (Å²) in [6.45, 7) is 1.18. The van der Waals surface area contributed by atoms with Gasteiger partial charge < -0.3 is 10.3 Å². The van der Waals surface area contributed by atoms with Crippen molar-refractivity contribution < 1.29 is 27.5 Å². The van der Waals surface area contributed by atoms with E-state index in [4.69, 9.17) is 10.8 Å². The maximum Gasteiger partial charge on any atom is 0.424 e. The molecule has 0 aromatic carbocycles. The fourth-order valence-corrected chi connectivity index (χ4v) is 0.753. The molecule has 0 aliphatic heterocycles. The molecule has 0 radical (unpaired) electrons. The summed E-state index contributed by atoms with van der Waals surface area (Å²) in [6.07, 6.45) is -4.92. The molecule has 0 unspecified atom stereocenters. The molecule has 0 saturated heterocycles. The largest absolute Gasteiger partial charge is 0.457 e. The highest BCUT2D eigenvalue weighted by atomic mass is 19.4. The Morgan fingerprint density at radius 3 is 2.50 bits per heavy atom. The van der Waals surface area contributed by atoms with Crippen molar-refractivity contribution in [3.8, 4) is 6.07 Å². The van der Waals surface area contributed by atoms with Gasteiger partial charge in [0.05, 0.1) is 12.7 Å². The molecule has 5 nitrogen and oxygen atoms in total. The third-order valence-corrected chi connectivity index (χ3v) is 1.34. The van der Waals surface area contributed by atoms with Crippen LogP contribution in [-0.2, 0) is 9.53 Å². The van der Waals surface area contributed by atoms with Crippen LogP contribution in [0.25, 0.3) is 5.53 Å². The number of esters is 1. The monoisotopic (exact) mass is 233 g/mol. The number of nitrogens with zero attached hydrogens (tertiary/aromatic N) is 3. The van der Waals surface area contributed by atoms with Crippen molar-refractivity contribution in [3.05, 3.63) is 17.2 Å². The van der Waals surface area contributed by atoms with Crippen molar-refractivity contribution in [2.24, 2.45) is 0 Å². The van der Waals surface area contributed by atoms with Crippen LogP contribution in [0.2, 0.25) is 0 Å². The van der Waals surface area contributed by atoms with Gasteiger partial charge in [0.15, 0.2) is 5.57 Å². The van der Waals surface area contributed by atoms with Crippen LogP contribution in [0, 0.1) is 11.3 Å². The Bertz CT molecular complexity index is 400. The van der Waals surface area contributed by atoms with Crippen LogP contribution in [-0.4, -0.2) is 29.3 Å². The Morgan fingerprint density at radius 2 is 2.19 bits per heavy atom. The van der Waals surface area contributed by atoms with Crippen molar-refractivity contribution in [3.63, 3.8) is 0 Å². The molecule has 0 bridgehead atoms. The quantitative estimate of drug-likeness (QED) is 0.241. The van der Waals surface area contributed by atoms with Crippen molar-refractivity contribution in [2.45, 2.75) is 13.1 Å². The van der Waals surface area contributed by atoms with Gasteiger partial charge in [-0.3, -0.25) is 0 Å². The maximum atomic E-state index is 12.3. The lowest BCUT2D eigenvalue weighted by molar-refractivity contribution is -0.141. The zero-order valence-corrected chi connectivity index (χ0v) is 8.08. The summed E-state index contributed by atoms with van der Waals surface area (Å²) in [6, 6.07) is 1.10. The van der Waals surface area contributed by atoms with Crippen LogP contribution in [0.3, 0.4) is 0 Å². The second-order valence-electron chi connectivity index (χ2n) is 2.35. The molecular formula is C8H6F3N3O2. The summed E-state index contributed by atoms with van der Waals surface area (Å²) in [5, 5.41) is 8.14. The Kier molecular flexibility index (Phi) is 4.92. The average Bonchev–Trinajstić information content (AvgIpc) is 2.16. The fourth-order valence-electron chi connectivity index (χ4n) is 0.753. The molecule has 8 heteroatoms. The number of carbonyl (C=O) groups is 1. The maximum absolute atomic E-state index is 12.3. The first-order valence-electron chi connectivity index (χ1n) is 3.95. The minimum Gasteiger partial charge on any atom is -0.457 e. The molecule has 86 valence electrons. The molecule has 0 aromatic rings. The SMILES string of the molecule is CCOC(=O)C(=[N+]=[N-])/C(=C/C#N)C(F)(F)F. The summed E-state index contributed by atoms with van der Waals surface area (Å²) in [5.41, 5.74) is 5.31. The number of halogens is 3. The molecule has 0 aliphatic rings. The number of allylic oxidation sites excluding steroid dienone is 1. The molecule has 16 heavy (non-hydrogen) atoms. The van der Waals surface area contributed by atoms with Gasteiger partial charge in [0.2, 0.25) is 0 Å². The Labute approximate surface area is 88.4 Å². The lowest BCUT2D eigenvalue weighted by atomic mass is 10.1. The molecule has 0 aromatic heterocycles. The topological polar surface area (TPSA) is 86.5 Å². The molecule has 0 atom stereocenters. The zero-order valence-electron chi connectivity index (χ0n) is 8.08. The first-order chi connectivity index (χ1) is 7.38. The van der Waals surface area contributed by atoms with Gasteiger partial charge in [-0.2, -0.15) is 23.2 Å². The Hall–Kier alpha value is -2.13. The van der Waals surface area contributed by atoms with E-state index in [-0.39, 0.29) is 12.7 Å². The third kappa shape index (κ3) is 3.55. The van der Waals surface area contributed by atoms with Crippen LogP contribution < -0.4 is 0 Å². The van der Waals surface area contributed by atoms with E-state index < -0.39 is 23.4 Å². The van der Waals surface area contributed by atoms with Crippen molar-refractivity contribution >= 4 is 11.7 Å². The second-order valence-corrected chi connectivity index (χ2v) is 2.35. The molecule has 0 saturated carbocycles. The van der Waals surface area contributed by atoms with Crippen LogP contribution in [0.15, 0.2) is 11.6 Å². The number of carbonyl (C=O) groups excluding carboxylic acids is 1. The van der Waals surface area contributed by atoms with Crippen molar-refractivity contribution in [1.82, 2.24) is 0 Å². The van der Waals surface area contributed by atoms with E-state index in [1.54, 1.807) is 0 Å². The van der Waals surface area contributed by atoms with Crippen LogP contribution >= 0.6 is 0 Å². The van der Waals surface area contributed by atoms with E-state index in [9.17, 15) is 18.0 Å². The molecule has 0 spiro atoms. The van der Waals surface area contributed by atoms with Gasteiger partial charge in [0, 0.05) is 6.08 Å². The van der Waals surface area contributed by atoms with E-state index in [2.05, 4.69) is 9.53 Å². The molecular weight excluding hydrogens is 227 g/mol. The number of rotatable bonds is 3. The summed E-state index contributed by atoms with van der Waals surface area (Å²) >= 11 is 0. The van der Waals surface area contributed by atoms with Gasteiger partial charge in [-0.25, -0.2) is 4.79 Å². The second kappa shape index (κ2) is 5.68. The molecule has 0 fully saturated rings. The van der Waals surface area contributed by atoms with Gasteiger partial charge in [-0.15, -0.1) is 0 Å². The zero-order chi connectivity index (χ0) is 12.8. The van der Waals surface area contributed by atoms with E-state index in [0.717, 1.165) is 6.07 Å². The minimum atomic E-state index is -4.98. The highest BCUT2D eigenvalue weighted by molar-refractivity contribution is 6.41. The first-order valence-corrected chi connectivity index (χ1v) is 3.95. The minimum absolute atomic E-state index is 0.0615. The predicted molar refractivity (Wildman–Crippen MR) is 45.0 cm³/mol. The number of hydrogen-bond acceptors (Lipinski definition) is 3. The number of ether oxygens (including phenoxy) is 1. The molecule has 0 aliphatic carbocycles. The lowest BCUT2D eigenvalue weighted by Gasteiger charge is -2.05. The first kappa shape index (κ1) is 13.9. The summed E-state index contributed by atoms with van der Waals surface area (Å²) in [5.74, 6) is -1.45. The Morgan fingerprint density at radius 1 is 1.62 bits per heavy atom. The molecule has 0 rings (SSSR count). The standard InChI is InChI=1S/C8H6F3N3O2/c1-2-16-7(15)6(14-13)5(3-4-12)8(9,10)11/h3H,2H2,1H3/b5-3-. The van der Waals surface area contributed by atoms with Gasteiger partial charge in [-0.1, -0.05) is 0 Å². The smallest absolute Gasteiger partial charge is 0.424 e. The lowest BCUT2D eigenvalue weighted by Crippen LogP contribution is -2.29. The average molecular weight is 233 g/mol. The normalized spacial score (nSPS) is 11.3. The summed E-state index contributed by atoms with van der Waals surface area (Å²) in [7, 11) is 0. The van der Waals surface area contributed by atoms with Crippen LogP contribution in [0.4, 0.5) is 13.2 Å². The highest BCUT2D eigenvalue weighted by Gasteiger charge is 2.45. The van der Waals surface area contributed by atoms with Crippen molar-refractivity contribution in [1.29, 1.82) is 5.26 Å². The highest BCUT2D eigenvalue weighted by Crippen LogP contribution is 2.26. The van der Waals surface area contributed by atoms with Gasteiger partial charge >= 0.3 is 17.9 Å². The summed E-state index contributed by atoms with van der Waals surface area (Å²) < 4.78 is 41.2. The van der Waals surface area contributed by atoms with Crippen molar-refractivity contribution in [2.75, 3.05) is 6.61 Å². The Balaban J connectivity index is 5.40. The summed E-state index contributed by atoms with van der Waals surface area (Å²) in [4.78, 5) is 13.2. The van der Waals surface area contributed by atoms with E-state index >= 15 is 0 Å². The van der Waals surface area contributed by atoms with Gasteiger partial charge in [-0.05, 0) is 6.92 Å². The van der Waals surface area contributed by atoms with Gasteiger partial charge in [0.25, 0.3) is 0 Å². The molecule has 0 heterocycles. The third-order valence-electron chi connectivity index (χ3n) is 1.34.